The average Bonchev–Trinajstić information content (AvgIpc) is 2.65. The Balaban J connectivity index is 2.29. The van der Waals surface area contributed by atoms with Crippen molar-refractivity contribution in [3.05, 3.63) is 80.9 Å². The minimum absolute atomic E-state index is 0.0207. The Bertz CT molecular complexity index is 1300. The fourth-order valence-electron chi connectivity index (χ4n) is 3.68. The molecule has 0 atom stereocenters. The molecule has 2 aromatic carbocycles. The van der Waals surface area contributed by atoms with Crippen LogP contribution in [0, 0.1) is 0 Å². The molecule has 0 aliphatic heterocycles. The number of nitrogens with zero attached hydrogens (tertiary/aromatic N) is 2. The van der Waals surface area contributed by atoms with Gasteiger partial charge in [-0.1, -0.05) is 38.1 Å². The standard InChI is InChI=1S/C22H20N2O3/c1-13(2)16-12-17-19(22(27)24(16)14-8-5-4-6-9-14)21(26)15-10-7-11-18(25)20(15)23(17)3/h4-13,25H,1-3H3. The van der Waals surface area contributed by atoms with E-state index in [2.05, 4.69) is 0 Å². The molecule has 0 amide bonds. The van der Waals surface area contributed by atoms with Gasteiger partial charge < -0.3 is 9.67 Å². The number of fused-ring (bicyclic) bond motifs is 2. The van der Waals surface area contributed by atoms with Gasteiger partial charge in [-0.25, -0.2) is 0 Å². The van der Waals surface area contributed by atoms with E-state index in [0.29, 0.717) is 16.4 Å². The number of pyridine rings is 2. The number of para-hydroxylation sites is 2. The van der Waals surface area contributed by atoms with Crippen LogP contribution in [-0.4, -0.2) is 14.2 Å². The number of aryl methyl sites for hydroxylation is 1. The van der Waals surface area contributed by atoms with Crippen LogP contribution in [0.3, 0.4) is 0 Å². The molecule has 1 N–H and O–H groups in total. The van der Waals surface area contributed by atoms with E-state index in [1.165, 1.54) is 0 Å². The lowest BCUT2D eigenvalue weighted by atomic mass is 10.0. The predicted molar refractivity (Wildman–Crippen MR) is 108 cm³/mol. The van der Waals surface area contributed by atoms with Crippen LogP contribution in [0.5, 0.6) is 5.75 Å². The molecule has 0 unspecified atom stereocenters. The van der Waals surface area contributed by atoms with Crippen LogP contribution < -0.4 is 11.0 Å². The number of hydrogen-bond acceptors (Lipinski definition) is 3. The molecule has 136 valence electrons. The quantitative estimate of drug-likeness (QED) is 0.555. The minimum Gasteiger partial charge on any atom is -0.506 e. The summed E-state index contributed by atoms with van der Waals surface area (Å²) in [6, 6.07) is 16.0. The predicted octanol–water partition coefficient (Wildman–Crippen LogP) is 3.67. The lowest BCUT2D eigenvalue weighted by Gasteiger charge is -2.19. The Morgan fingerprint density at radius 2 is 1.67 bits per heavy atom. The SMILES string of the molecule is CC(C)c1cc2c(c(=O)c3cccc(O)c3n2C)c(=O)n1-c1ccccc1. The van der Waals surface area contributed by atoms with Crippen LogP contribution in [0.2, 0.25) is 0 Å². The van der Waals surface area contributed by atoms with Crippen molar-refractivity contribution in [1.29, 1.82) is 0 Å². The molecule has 0 aliphatic carbocycles. The Morgan fingerprint density at radius 3 is 2.33 bits per heavy atom. The normalized spacial score (nSPS) is 11.6. The van der Waals surface area contributed by atoms with Crippen LogP contribution in [0.25, 0.3) is 27.5 Å². The molecule has 0 saturated carbocycles. The van der Waals surface area contributed by atoms with Gasteiger partial charge in [0.15, 0.2) is 0 Å². The highest BCUT2D eigenvalue weighted by Gasteiger charge is 2.20. The molecule has 2 aromatic heterocycles. The first-order valence-electron chi connectivity index (χ1n) is 8.87. The van der Waals surface area contributed by atoms with Crippen molar-refractivity contribution >= 4 is 21.8 Å². The zero-order valence-electron chi connectivity index (χ0n) is 15.4. The Kier molecular flexibility index (Phi) is 3.88. The highest BCUT2D eigenvalue weighted by atomic mass is 16.3. The second-order valence-electron chi connectivity index (χ2n) is 7.02. The number of aromatic hydroxyl groups is 1. The second-order valence-corrected chi connectivity index (χ2v) is 7.02. The molecule has 0 fully saturated rings. The molecule has 0 radical (unpaired) electrons. The Labute approximate surface area is 155 Å². The highest BCUT2D eigenvalue weighted by Crippen LogP contribution is 2.27. The van der Waals surface area contributed by atoms with Crippen LogP contribution in [0.15, 0.2) is 64.2 Å². The summed E-state index contributed by atoms with van der Waals surface area (Å²) in [5.74, 6) is 0.0878. The third-order valence-corrected chi connectivity index (χ3v) is 5.01. The van der Waals surface area contributed by atoms with Gasteiger partial charge in [0.25, 0.3) is 5.56 Å². The number of hydrogen-bond donors (Lipinski definition) is 1. The van der Waals surface area contributed by atoms with Crippen molar-refractivity contribution in [3.8, 4) is 11.4 Å². The van der Waals surface area contributed by atoms with Crippen molar-refractivity contribution in [2.24, 2.45) is 7.05 Å². The van der Waals surface area contributed by atoms with Gasteiger partial charge in [0.05, 0.1) is 16.4 Å². The van der Waals surface area contributed by atoms with E-state index in [9.17, 15) is 14.7 Å². The van der Waals surface area contributed by atoms with Gasteiger partial charge in [-0.05, 0) is 36.2 Å². The second kappa shape index (κ2) is 6.13. The lowest BCUT2D eigenvalue weighted by molar-refractivity contribution is 0.479. The van der Waals surface area contributed by atoms with Crippen molar-refractivity contribution in [2.75, 3.05) is 0 Å². The van der Waals surface area contributed by atoms with E-state index in [1.807, 2.05) is 50.2 Å². The number of rotatable bonds is 2. The van der Waals surface area contributed by atoms with E-state index in [4.69, 9.17) is 0 Å². The fraction of sp³-hybridized carbons (Fsp3) is 0.182. The van der Waals surface area contributed by atoms with E-state index < -0.39 is 0 Å². The summed E-state index contributed by atoms with van der Waals surface area (Å²) >= 11 is 0. The molecular weight excluding hydrogens is 340 g/mol. The first-order valence-corrected chi connectivity index (χ1v) is 8.87. The number of benzene rings is 2. The maximum Gasteiger partial charge on any atom is 0.268 e. The summed E-state index contributed by atoms with van der Waals surface area (Å²) < 4.78 is 3.34. The van der Waals surface area contributed by atoms with Crippen LogP contribution in [0.4, 0.5) is 0 Å². The Hall–Kier alpha value is -3.34. The molecule has 2 heterocycles. The number of phenols is 1. The fourth-order valence-corrected chi connectivity index (χ4v) is 3.68. The largest absolute Gasteiger partial charge is 0.506 e. The first kappa shape index (κ1) is 17.1. The number of aromatic nitrogens is 2. The van der Waals surface area contributed by atoms with Gasteiger partial charge in [-0.3, -0.25) is 14.2 Å². The third kappa shape index (κ3) is 2.46. The lowest BCUT2D eigenvalue weighted by Crippen LogP contribution is -2.28. The van der Waals surface area contributed by atoms with Gasteiger partial charge in [0, 0.05) is 18.4 Å². The maximum atomic E-state index is 13.4. The summed E-state index contributed by atoms with van der Waals surface area (Å²) in [6.45, 7) is 4.02. The first-order chi connectivity index (χ1) is 12.9. The molecule has 0 aliphatic rings. The van der Waals surface area contributed by atoms with Crippen molar-refractivity contribution in [3.63, 3.8) is 0 Å². The monoisotopic (exact) mass is 360 g/mol. The van der Waals surface area contributed by atoms with E-state index in [-0.39, 0.29) is 28.0 Å². The smallest absolute Gasteiger partial charge is 0.268 e. The molecule has 27 heavy (non-hydrogen) atoms. The average molecular weight is 360 g/mol. The molecule has 5 nitrogen and oxygen atoms in total. The van der Waals surface area contributed by atoms with E-state index in [0.717, 1.165) is 11.4 Å². The zero-order chi connectivity index (χ0) is 19.3. The molecule has 4 rings (SSSR count). The van der Waals surface area contributed by atoms with Crippen molar-refractivity contribution in [1.82, 2.24) is 9.13 Å². The van der Waals surface area contributed by atoms with Crippen LogP contribution in [-0.2, 0) is 7.05 Å². The molecule has 0 bridgehead atoms. The van der Waals surface area contributed by atoms with Crippen molar-refractivity contribution in [2.45, 2.75) is 19.8 Å². The van der Waals surface area contributed by atoms with Crippen LogP contribution >= 0.6 is 0 Å². The topological polar surface area (TPSA) is 64.2 Å². The number of phenolic OH excluding ortho intramolecular Hbond substituents is 1. The summed E-state index contributed by atoms with van der Waals surface area (Å²) in [4.78, 5) is 26.6. The van der Waals surface area contributed by atoms with Gasteiger partial charge >= 0.3 is 0 Å². The minimum atomic E-state index is -0.362. The summed E-state index contributed by atoms with van der Waals surface area (Å²) in [5.41, 5.74) is 1.79. The molecular formula is C22H20N2O3. The zero-order valence-corrected chi connectivity index (χ0v) is 15.4. The Morgan fingerprint density at radius 1 is 0.963 bits per heavy atom. The summed E-state index contributed by atoms with van der Waals surface area (Å²) in [5, 5.41) is 10.7. The van der Waals surface area contributed by atoms with Gasteiger partial charge in [0.1, 0.15) is 11.1 Å². The summed E-state index contributed by atoms with van der Waals surface area (Å²) in [7, 11) is 1.76. The van der Waals surface area contributed by atoms with Crippen LogP contribution in [0.1, 0.15) is 25.5 Å². The molecule has 4 aromatic rings. The molecule has 5 heteroatoms. The van der Waals surface area contributed by atoms with Crippen molar-refractivity contribution < 1.29 is 5.11 Å². The molecule has 0 saturated heterocycles. The van der Waals surface area contributed by atoms with E-state index in [1.54, 1.807) is 34.4 Å². The highest BCUT2D eigenvalue weighted by molar-refractivity contribution is 5.96. The molecule has 0 spiro atoms. The summed E-state index contributed by atoms with van der Waals surface area (Å²) in [6.07, 6.45) is 0. The van der Waals surface area contributed by atoms with Gasteiger partial charge in [-0.15, -0.1) is 0 Å². The third-order valence-electron chi connectivity index (χ3n) is 5.01. The van der Waals surface area contributed by atoms with Gasteiger partial charge in [-0.2, -0.15) is 0 Å². The maximum absolute atomic E-state index is 13.4. The van der Waals surface area contributed by atoms with Gasteiger partial charge in [0.2, 0.25) is 5.43 Å². The van der Waals surface area contributed by atoms with E-state index >= 15 is 0 Å².